The summed E-state index contributed by atoms with van der Waals surface area (Å²) in [6.07, 6.45) is 7.07. The van der Waals surface area contributed by atoms with E-state index in [4.69, 9.17) is 5.73 Å². The number of hydrogen-bond donors (Lipinski definition) is 1. The first kappa shape index (κ1) is 11.0. The Morgan fingerprint density at radius 3 is 3.06 bits per heavy atom. The molecule has 90 valence electrons. The van der Waals surface area contributed by atoms with Gasteiger partial charge in [0.2, 0.25) is 5.95 Å². The Hall–Kier alpha value is -1.10. The van der Waals surface area contributed by atoms with Crippen molar-refractivity contribution >= 4 is 33.0 Å². The molecule has 0 saturated heterocycles. The normalized spacial score (nSPS) is 15.6. The predicted molar refractivity (Wildman–Crippen MR) is 71.6 cm³/mol. The van der Waals surface area contributed by atoms with Crippen LogP contribution in [0.3, 0.4) is 0 Å². The minimum Gasteiger partial charge on any atom is -0.369 e. The fourth-order valence-corrected chi connectivity index (χ4v) is 2.49. The lowest BCUT2D eigenvalue weighted by atomic mass is 10.2. The van der Waals surface area contributed by atoms with Gasteiger partial charge in [-0.25, -0.2) is 9.97 Å². The zero-order valence-electron chi connectivity index (χ0n) is 9.56. The van der Waals surface area contributed by atoms with Crippen molar-refractivity contribution in [2.75, 3.05) is 5.73 Å². The molecule has 17 heavy (non-hydrogen) atoms. The Morgan fingerprint density at radius 2 is 2.29 bits per heavy atom. The molecule has 0 unspecified atom stereocenters. The number of rotatable bonds is 4. The maximum absolute atomic E-state index is 5.93. The molecule has 2 aromatic rings. The maximum atomic E-state index is 5.93. The van der Waals surface area contributed by atoms with E-state index in [1.165, 1.54) is 19.3 Å². The maximum Gasteiger partial charge on any atom is 0.202 e. The molecule has 0 aliphatic heterocycles. The third-order valence-electron chi connectivity index (χ3n) is 3.27. The van der Waals surface area contributed by atoms with Gasteiger partial charge in [0.1, 0.15) is 5.52 Å². The monoisotopic (exact) mass is 294 g/mol. The van der Waals surface area contributed by atoms with Crippen molar-refractivity contribution in [2.24, 2.45) is 5.92 Å². The van der Waals surface area contributed by atoms with E-state index < -0.39 is 0 Å². The number of nitrogen functional groups attached to an aromatic ring is 1. The Bertz CT molecular complexity index is 545. The Balaban J connectivity index is 1.83. The highest BCUT2D eigenvalue weighted by molar-refractivity contribution is 9.10. The molecule has 1 aliphatic rings. The van der Waals surface area contributed by atoms with E-state index in [0.29, 0.717) is 5.95 Å². The standard InChI is InChI=1S/C12H15BrN4/c13-9-6-10-11(15-7-9)17(12(14)16-10)5-1-2-8-3-4-8/h6-8H,1-5H2,(H2,14,16). The van der Waals surface area contributed by atoms with Gasteiger partial charge in [0.05, 0.1) is 0 Å². The predicted octanol–water partition coefficient (Wildman–Crippen LogP) is 2.97. The summed E-state index contributed by atoms with van der Waals surface area (Å²) in [5.74, 6) is 1.54. The van der Waals surface area contributed by atoms with E-state index in [9.17, 15) is 0 Å². The molecule has 3 rings (SSSR count). The first-order valence-corrected chi connectivity index (χ1v) is 6.80. The SMILES string of the molecule is Nc1nc2cc(Br)cnc2n1CCCC1CC1. The van der Waals surface area contributed by atoms with Crippen molar-refractivity contribution in [3.05, 3.63) is 16.7 Å². The largest absolute Gasteiger partial charge is 0.369 e. The van der Waals surface area contributed by atoms with Gasteiger partial charge in [-0.2, -0.15) is 0 Å². The second kappa shape index (κ2) is 4.29. The Labute approximate surface area is 108 Å². The average molecular weight is 295 g/mol. The van der Waals surface area contributed by atoms with Gasteiger partial charge in [-0.1, -0.05) is 12.8 Å². The third kappa shape index (κ3) is 2.29. The second-order valence-electron chi connectivity index (χ2n) is 4.70. The lowest BCUT2D eigenvalue weighted by molar-refractivity contribution is 0.588. The van der Waals surface area contributed by atoms with Crippen LogP contribution in [0.25, 0.3) is 11.2 Å². The van der Waals surface area contributed by atoms with Crippen molar-refractivity contribution in [3.63, 3.8) is 0 Å². The molecule has 0 aromatic carbocycles. The lowest BCUT2D eigenvalue weighted by Gasteiger charge is -2.04. The summed E-state index contributed by atoms with van der Waals surface area (Å²) in [6.45, 7) is 0.924. The van der Waals surface area contributed by atoms with E-state index in [-0.39, 0.29) is 0 Å². The minimum absolute atomic E-state index is 0.571. The number of aromatic nitrogens is 3. The fraction of sp³-hybridized carbons (Fsp3) is 0.500. The van der Waals surface area contributed by atoms with Crippen LogP contribution >= 0.6 is 15.9 Å². The average Bonchev–Trinajstić information content (AvgIpc) is 3.04. The summed E-state index contributed by atoms with van der Waals surface area (Å²) < 4.78 is 2.96. The van der Waals surface area contributed by atoms with Gasteiger partial charge in [0.25, 0.3) is 0 Å². The van der Waals surface area contributed by atoms with Gasteiger partial charge >= 0.3 is 0 Å². The second-order valence-corrected chi connectivity index (χ2v) is 5.62. The molecule has 0 atom stereocenters. The van der Waals surface area contributed by atoms with Crippen LogP contribution in [0, 0.1) is 5.92 Å². The summed E-state index contributed by atoms with van der Waals surface area (Å²) in [5, 5.41) is 0. The molecule has 0 bridgehead atoms. The number of nitrogens with two attached hydrogens (primary N) is 1. The molecule has 2 heterocycles. The van der Waals surface area contributed by atoms with Crippen LogP contribution in [-0.2, 0) is 6.54 Å². The smallest absolute Gasteiger partial charge is 0.202 e. The summed E-state index contributed by atoms with van der Waals surface area (Å²) in [6, 6.07) is 1.95. The summed E-state index contributed by atoms with van der Waals surface area (Å²) in [7, 11) is 0. The van der Waals surface area contributed by atoms with Gasteiger partial charge in [-0.15, -0.1) is 0 Å². The van der Waals surface area contributed by atoms with E-state index >= 15 is 0 Å². The zero-order chi connectivity index (χ0) is 11.8. The van der Waals surface area contributed by atoms with Crippen LogP contribution in [-0.4, -0.2) is 14.5 Å². The molecule has 1 fully saturated rings. The van der Waals surface area contributed by atoms with Crippen LogP contribution in [0.4, 0.5) is 5.95 Å². The highest BCUT2D eigenvalue weighted by Gasteiger charge is 2.20. The van der Waals surface area contributed by atoms with Gasteiger partial charge in [0.15, 0.2) is 5.65 Å². The number of aryl methyl sites for hydroxylation is 1. The summed E-state index contributed by atoms with van der Waals surface area (Å²) in [4.78, 5) is 8.72. The molecule has 1 aliphatic carbocycles. The van der Waals surface area contributed by atoms with Crippen LogP contribution < -0.4 is 5.73 Å². The number of hydrogen-bond acceptors (Lipinski definition) is 3. The molecule has 0 radical (unpaired) electrons. The Morgan fingerprint density at radius 1 is 1.47 bits per heavy atom. The molecule has 4 nitrogen and oxygen atoms in total. The first-order valence-electron chi connectivity index (χ1n) is 6.01. The molecule has 1 saturated carbocycles. The molecule has 2 aromatic heterocycles. The van der Waals surface area contributed by atoms with E-state index in [0.717, 1.165) is 34.5 Å². The van der Waals surface area contributed by atoms with Gasteiger partial charge in [0, 0.05) is 17.2 Å². The van der Waals surface area contributed by atoms with Crippen LogP contribution in [0.15, 0.2) is 16.7 Å². The quantitative estimate of drug-likeness (QED) is 0.943. The van der Waals surface area contributed by atoms with Crippen molar-refractivity contribution in [3.8, 4) is 0 Å². The zero-order valence-corrected chi connectivity index (χ0v) is 11.2. The third-order valence-corrected chi connectivity index (χ3v) is 3.71. The van der Waals surface area contributed by atoms with Crippen LogP contribution in [0.1, 0.15) is 25.7 Å². The summed E-state index contributed by atoms with van der Waals surface area (Å²) >= 11 is 3.39. The van der Waals surface area contributed by atoms with Gasteiger partial charge < -0.3 is 5.73 Å². The van der Waals surface area contributed by atoms with Crippen molar-refractivity contribution in [1.82, 2.24) is 14.5 Å². The highest BCUT2D eigenvalue weighted by atomic mass is 79.9. The number of nitrogens with zero attached hydrogens (tertiary/aromatic N) is 3. The van der Waals surface area contributed by atoms with Crippen molar-refractivity contribution in [1.29, 1.82) is 0 Å². The molecular formula is C12H15BrN4. The molecular weight excluding hydrogens is 280 g/mol. The molecule has 0 spiro atoms. The van der Waals surface area contributed by atoms with E-state index in [1.54, 1.807) is 6.20 Å². The van der Waals surface area contributed by atoms with Crippen molar-refractivity contribution < 1.29 is 0 Å². The fourth-order valence-electron chi connectivity index (χ4n) is 2.17. The van der Waals surface area contributed by atoms with Crippen LogP contribution in [0.2, 0.25) is 0 Å². The van der Waals surface area contributed by atoms with Crippen LogP contribution in [0.5, 0.6) is 0 Å². The first-order chi connectivity index (χ1) is 8.24. The minimum atomic E-state index is 0.571. The van der Waals surface area contributed by atoms with E-state index in [2.05, 4.69) is 25.9 Å². The highest BCUT2D eigenvalue weighted by Crippen LogP contribution is 2.33. The molecule has 5 heteroatoms. The van der Waals surface area contributed by atoms with Gasteiger partial charge in [-0.3, -0.25) is 4.57 Å². The number of halogens is 1. The lowest BCUT2D eigenvalue weighted by Crippen LogP contribution is -2.04. The number of fused-ring (bicyclic) bond motifs is 1. The molecule has 0 amide bonds. The topological polar surface area (TPSA) is 56.7 Å². The van der Waals surface area contributed by atoms with Crippen molar-refractivity contribution in [2.45, 2.75) is 32.2 Å². The van der Waals surface area contributed by atoms with Gasteiger partial charge in [-0.05, 0) is 40.8 Å². The number of imidazole rings is 1. The van der Waals surface area contributed by atoms with E-state index in [1.807, 2.05) is 10.6 Å². The Kier molecular flexibility index (Phi) is 2.78. The summed E-state index contributed by atoms with van der Waals surface area (Å²) in [5.41, 5.74) is 7.69. The molecule has 2 N–H and O–H groups in total. The number of anilines is 1. The number of pyridine rings is 1.